The number of anilines is 1. The molecular formula is C9H15N3O. The van der Waals surface area contributed by atoms with Gasteiger partial charge in [-0.25, -0.2) is 4.98 Å². The summed E-state index contributed by atoms with van der Waals surface area (Å²) in [7, 11) is 0. The summed E-state index contributed by atoms with van der Waals surface area (Å²) in [6.07, 6.45) is 4.63. The monoisotopic (exact) mass is 181 g/mol. The molecule has 2 heterocycles. The first-order valence-electron chi connectivity index (χ1n) is 4.65. The Hall–Kier alpha value is -1.03. The number of hydrogen-bond donors (Lipinski definition) is 2. The van der Waals surface area contributed by atoms with Crippen LogP contribution in [0.2, 0.25) is 0 Å². The van der Waals surface area contributed by atoms with Gasteiger partial charge in [-0.15, -0.1) is 0 Å². The number of nitrogens with one attached hydrogen (secondary N) is 2. The van der Waals surface area contributed by atoms with E-state index in [9.17, 15) is 0 Å². The minimum atomic E-state index is 0.352. The van der Waals surface area contributed by atoms with Crippen molar-refractivity contribution < 1.29 is 4.74 Å². The second-order valence-electron chi connectivity index (χ2n) is 3.67. The minimum Gasteiger partial charge on any atom is -0.380 e. The van der Waals surface area contributed by atoms with Crippen molar-refractivity contribution in [2.75, 3.05) is 25.1 Å². The van der Waals surface area contributed by atoms with Crippen LogP contribution in [0, 0.1) is 5.41 Å². The highest BCUT2D eigenvalue weighted by Crippen LogP contribution is 2.30. The van der Waals surface area contributed by atoms with Gasteiger partial charge in [0.05, 0.1) is 25.7 Å². The number of aromatic amines is 1. The Balaban J connectivity index is 1.84. The Morgan fingerprint density at radius 1 is 1.69 bits per heavy atom. The van der Waals surface area contributed by atoms with Crippen LogP contribution in [-0.2, 0) is 4.74 Å². The molecule has 0 aromatic carbocycles. The molecular weight excluding hydrogens is 166 g/mol. The number of nitrogens with zero attached hydrogens (tertiary/aromatic N) is 1. The number of aromatic nitrogens is 2. The fourth-order valence-electron chi connectivity index (χ4n) is 1.46. The van der Waals surface area contributed by atoms with E-state index in [1.54, 1.807) is 12.5 Å². The van der Waals surface area contributed by atoms with E-state index in [2.05, 4.69) is 22.2 Å². The smallest absolute Gasteiger partial charge is 0.123 e. The molecule has 0 radical (unpaired) electrons. The zero-order valence-electron chi connectivity index (χ0n) is 7.84. The normalized spacial score (nSPS) is 19.5. The lowest BCUT2D eigenvalue weighted by molar-refractivity contribution is -0.106. The SMILES string of the molecule is CCC1(CNc2cnc[nH]2)COC1. The van der Waals surface area contributed by atoms with Crippen molar-refractivity contribution in [3.05, 3.63) is 12.5 Å². The Morgan fingerprint density at radius 3 is 3.00 bits per heavy atom. The molecule has 1 aliphatic heterocycles. The number of H-pyrrole nitrogens is 1. The maximum atomic E-state index is 5.23. The van der Waals surface area contributed by atoms with Crippen molar-refractivity contribution in [2.24, 2.45) is 5.41 Å². The van der Waals surface area contributed by atoms with E-state index in [1.807, 2.05) is 0 Å². The molecule has 13 heavy (non-hydrogen) atoms. The lowest BCUT2D eigenvalue weighted by atomic mass is 9.83. The van der Waals surface area contributed by atoms with Gasteiger partial charge in [0.1, 0.15) is 5.82 Å². The molecule has 0 bridgehead atoms. The number of hydrogen-bond acceptors (Lipinski definition) is 3. The third-order valence-electron chi connectivity index (χ3n) is 2.72. The third-order valence-corrected chi connectivity index (χ3v) is 2.72. The molecule has 1 saturated heterocycles. The average molecular weight is 181 g/mol. The Kier molecular flexibility index (Phi) is 2.22. The van der Waals surface area contributed by atoms with Crippen LogP contribution in [0.1, 0.15) is 13.3 Å². The summed E-state index contributed by atoms with van der Waals surface area (Å²) in [5.74, 6) is 0.986. The summed E-state index contributed by atoms with van der Waals surface area (Å²) in [4.78, 5) is 6.96. The zero-order chi connectivity index (χ0) is 9.15. The molecule has 2 N–H and O–H groups in total. The number of rotatable bonds is 4. The van der Waals surface area contributed by atoms with Gasteiger partial charge < -0.3 is 15.0 Å². The van der Waals surface area contributed by atoms with Gasteiger partial charge in [0.15, 0.2) is 0 Å². The first kappa shape index (κ1) is 8.56. The molecule has 72 valence electrons. The lowest BCUT2D eigenvalue weighted by Gasteiger charge is -2.40. The molecule has 0 saturated carbocycles. The van der Waals surface area contributed by atoms with Crippen LogP contribution in [-0.4, -0.2) is 29.7 Å². The molecule has 0 spiro atoms. The summed E-state index contributed by atoms with van der Waals surface area (Å²) >= 11 is 0. The van der Waals surface area contributed by atoms with Crippen LogP contribution in [0.4, 0.5) is 5.82 Å². The number of imidazole rings is 1. The van der Waals surface area contributed by atoms with E-state index >= 15 is 0 Å². The van der Waals surface area contributed by atoms with Gasteiger partial charge in [-0.2, -0.15) is 0 Å². The molecule has 0 amide bonds. The van der Waals surface area contributed by atoms with Crippen molar-refractivity contribution in [1.29, 1.82) is 0 Å². The van der Waals surface area contributed by atoms with Crippen molar-refractivity contribution >= 4 is 5.82 Å². The summed E-state index contributed by atoms with van der Waals surface area (Å²) in [6.45, 7) is 4.93. The highest BCUT2D eigenvalue weighted by atomic mass is 16.5. The largest absolute Gasteiger partial charge is 0.380 e. The fourth-order valence-corrected chi connectivity index (χ4v) is 1.46. The summed E-state index contributed by atoms with van der Waals surface area (Å²) in [5, 5.41) is 3.32. The fraction of sp³-hybridized carbons (Fsp3) is 0.667. The van der Waals surface area contributed by atoms with E-state index in [1.165, 1.54) is 0 Å². The Morgan fingerprint density at radius 2 is 2.54 bits per heavy atom. The van der Waals surface area contributed by atoms with Crippen LogP contribution in [0.3, 0.4) is 0 Å². The van der Waals surface area contributed by atoms with Gasteiger partial charge in [0.25, 0.3) is 0 Å². The van der Waals surface area contributed by atoms with Crippen LogP contribution >= 0.6 is 0 Å². The third kappa shape index (κ3) is 1.67. The molecule has 1 fully saturated rings. The van der Waals surface area contributed by atoms with Gasteiger partial charge in [0.2, 0.25) is 0 Å². The molecule has 0 aliphatic carbocycles. The van der Waals surface area contributed by atoms with Crippen molar-refractivity contribution in [1.82, 2.24) is 9.97 Å². The second-order valence-corrected chi connectivity index (χ2v) is 3.67. The topological polar surface area (TPSA) is 49.9 Å². The van der Waals surface area contributed by atoms with Crippen LogP contribution in [0.5, 0.6) is 0 Å². The van der Waals surface area contributed by atoms with Crippen molar-refractivity contribution in [3.8, 4) is 0 Å². The molecule has 0 unspecified atom stereocenters. The average Bonchev–Trinajstić information content (AvgIpc) is 2.56. The summed E-state index contributed by atoms with van der Waals surface area (Å²) < 4.78 is 5.23. The second kappa shape index (κ2) is 3.38. The predicted octanol–water partition coefficient (Wildman–Crippen LogP) is 1.25. The Bertz CT molecular complexity index is 248. The quantitative estimate of drug-likeness (QED) is 0.735. The predicted molar refractivity (Wildman–Crippen MR) is 50.6 cm³/mol. The van der Waals surface area contributed by atoms with E-state index in [4.69, 9.17) is 4.74 Å². The van der Waals surface area contributed by atoms with Crippen LogP contribution in [0.15, 0.2) is 12.5 Å². The molecule has 0 atom stereocenters. The highest BCUT2D eigenvalue weighted by Gasteiger charge is 2.36. The minimum absolute atomic E-state index is 0.352. The molecule has 1 aromatic heterocycles. The maximum absolute atomic E-state index is 5.23. The van der Waals surface area contributed by atoms with Gasteiger partial charge in [-0.1, -0.05) is 6.92 Å². The van der Waals surface area contributed by atoms with Gasteiger partial charge in [-0.05, 0) is 6.42 Å². The summed E-state index contributed by atoms with van der Waals surface area (Å²) in [6, 6.07) is 0. The molecule has 2 rings (SSSR count). The molecule has 1 aliphatic rings. The van der Waals surface area contributed by atoms with Crippen molar-refractivity contribution in [2.45, 2.75) is 13.3 Å². The van der Waals surface area contributed by atoms with E-state index in [0.29, 0.717) is 5.41 Å². The Labute approximate surface area is 77.7 Å². The lowest BCUT2D eigenvalue weighted by Crippen LogP contribution is -2.47. The standard InChI is InChI=1S/C9H15N3O/c1-2-9(5-13-6-9)4-11-8-3-10-7-12-8/h3,7,11H,2,4-6H2,1H3,(H,10,12). The molecule has 4 nitrogen and oxygen atoms in total. The molecule has 1 aromatic rings. The van der Waals surface area contributed by atoms with Gasteiger partial charge >= 0.3 is 0 Å². The van der Waals surface area contributed by atoms with Crippen LogP contribution < -0.4 is 5.32 Å². The first-order chi connectivity index (χ1) is 6.35. The summed E-state index contributed by atoms with van der Waals surface area (Å²) in [5.41, 5.74) is 0.352. The molecule has 4 heteroatoms. The van der Waals surface area contributed by atoms with E-state index in [0.717, 1.165) is 32.0 Å². The van der Waals surface area contributed by atoms with Gasteiger partial charge in [0, 0.05) is 12.0 Å². The highest BCUT2D eigenvalue weighted by molar-refractivity contribution is 5.30. The number of ether oxygens (including phenoxy) is 1. The van der Waals surface area contributed by atoms with Gasteiger partial charge in [-0.3, -0.25) is 0 Å². The van der Waals surface area contributed by atoms with Crippen LogP contribution in [0.25, 0.3) is 0 Å². The maximum Gasteiger partial charge on any atom is 0.123 e. The first-order valence-corrected chi connectivity index (χ1v) is 4.65. The van der Waals surface area contributed by atoms with Crippen molar-refractivity contribution in [3.63, 3.8) is 0 Å². The van der Waals surface area contributed by atoms with E-state index < -0.39 is 0 Å². The van der Waals surface area contributed by atoms with E-state index in [-0.39, 0.29) is 0 Å². The zero-order valence-corrected chi connectivity index (χ0v) is 7.84.